The van der Waals surface area contributed by atoms with E-state index in [0.29, 0.717) is 6.42 Å². The molecule has 0 fully saturated rings. The van der Waals surface area contributed by atoms with Crippen molar-refractivity contribution < 1.29 is 9.53 Å². The Kier molecular flexibility index (Phi) is 1.88. The van der Waals surface area contributed by atoms with Crippen molar-refractivity contribution in [2.45, 2.75) is 19.3 Å². The largest absolute Gasteiger partial charge is 0.469 e. The first-order valence-corrected chi connectivity index (χ1v) is 3.07. The molecular weight excluding hydrogens is 116 g/mol. The van der Waals surface area contributed by atoms with Gasteiger partial charge >= 0.3 is 5.97 Å². The van der Waals surface area contributed by atoms with Gasteiger partial charge in [0.25, 0.3) is 0 Å². The van der Waals surface area contributed by atoms with Crippen LogP contribution in [0.25, 0.3) is 0 Å². The minimum atomic E-state index is -0.124. The first kappa shape index (κ1) is 6.33. The Morgan fingerprint density at radius 2 is 2.56 bits per heavy atom. The van der Waals surface area contributed by atoms with E-state index in [-0.39, 0.29) is 5.97 Å². The zero-order chi connectivity index (χ0) is 6.69. The number of hydrogen-bond acceptors (Lipinski definition) is 2. The molecule has 0 aromatic heterocycles. The topological polar surface area (TPSA) is 26.3 Å². The first-order chi connectivity index (χ1) is 4.33. The van der Waals surface area contributed by atoms with Gasteiger partial charge in [-0.15, -0.1) is 0 Å². The number of hydrogen-bond donors (Lipinski definition) is 0. The van der Waals surface area contributed by atoms with Crippen LogP contribution in [-0.4, -0.2) is 13.1 Å². The van der Waals surface area contributed by atoms with Crippen LogP contribution < -0.4 is 0 Å². The van der Waals surface area contributed by atoms with Gasteiger partial charge in [-0.25, -0.2) is 0 Å². The number of esters is 1. The van der Waals surface area contributed by atoms with E-state index in [1.807, 2.05) is 0 Å². The first-order valence-electron chi connectivity index (χ1n) is 3.07. The summed E-state index contributed by atoms with van der Waals surface area (Å²) in [6, 6.07) is 0. The molecule has 2 heteroatoms. The molecule has 1 aliphatic carbocycles. The maximum atomic E-state index is 10.6. The zero-order valence-electron chi connectivity index (χ0n) is 5.52. The van der Waals surface area contributed by atoms with Crippen LogP contribution in [0.3, 0.4) is 0 Å². The lowest BCUT2D eigenvalue weighted by Gasteiger charge is -2.11. The maximum Gasteiger partial charge on any atom is 0.309 e. The Balaban J connectivity index is 2.24. The van der Waals surface area contributed by atoms with Gasteiger partial charge in [-0.3, -0.25) is 4.79 Å². The number of carbonyl (C=O) groups is 1. The lowest BCUT2D eigenvalue weighted by molar-refractivity contribution is -0.139. The van der Waals surface area contributed by atoms with E-state index in [1.165, 1.54) is 12.7 Å². The van der Waals surface area contributed by atoms with Crippen LogP contribution in [0.4, 0.5) is 0 Å². The molecular formula is C7H10O2. The fraction of sp³-hybridized carbons (Fsp3) is 0.571. The van der Waals surface area contributed by atoms with E-state index < -0.39 is 0 Å². The molecule has 0 saturated heterocycles. The molecule has 1 aliphatic rings. The van der Waals surface area contributed by atoms with E-state index >= 15 is 0 Å². The Hall–Kier alpha value is -0.790. The zero-order valence-corrected chi connectivity index (χ0v) is 5.52. The third-order valence-electron chi connectivity index (χ3n) is 1.50. The summed E-state index contributed by atoms with van der Waals surface area (Å²) in [5, 5.41) is 0. The second-order valence-electron chi connectivity index (χ2n) is 2.15. The molecule has 0 amide bonds. The van der Waals surface area contributed by atoms with Gasteiger partial charge in [0, 0.05) is 0 Å². The number of methoxy groups -OCH3 is 1. The molecule has 9 heavy (non-hydrogen) atoms. The van der Waals surface area contributed by atoms with Crippen molar-refractivity contribution in [3.63, 3.8) is 0 Å². The number of rotatable bonds is 2. The summed E-state index contributed by atoms with van der Waals surface area (Å²) in [5.41, 5.74) is 1.22. The Bertz CT molecular complexity index is 147. The highest BCUT2D eigenvalue weighted by molar-refractivity contribution is 5.72. The van der Waals surface area contributed by atoms with Crippen molar-refractivity contribution in [2.24, 2.45) is 0 Å². The number of carbonyl (C=O) groups excluding carboxylic acids is 1. The SMILES string of the molecule is COC(=O)CC1=CCC1. The summed E-state index contributed by atoms with van der Waals surface area (Å²) in [7, 11) is 1.42. The van der Waals surface area contributed by atoms with Gasteiger partial charge in [-0.2, -0.15) is 0 Å². The summed E-state index contributed by atoms with van der Waals surface area (Å²) in [5.74, 6) is -0.124. The van der Waals surface area contributed by atoms with Crippen molar-refractivity contribution >= 4 is 5.97 Å². The van der Waals surface area contributed by atoms with Crippen molar-refractivity contribution in [3.05, 3.63) is 11.6 Å². The summed E-state index contributed by atoms with van der Waals surface area (Å²) in [4.78, 5) is 10.6. The normalized spacial score (nSPS) is 15.9. The molecule has 0 aromatic rings. The van der Waals surface area contributed by atoms with Crippen molar-refractivity contribution in [2.75, 3.05) is 7.11 Å². The molecule has 0 saturated carbocycles. The average Bonchev–Trinajstić information content (AvgIpc) is 1.78. The van der Waals surface area contributed by atoms with Crippen LogP contribution in [0, 0.1) is 0 Å². The molecule has 0 radical (unpaired) electrons. The van der Waals surface area contributed by atoms with E-state index in [4.69, 9.17) is 0 Å². The molecule has 1 rings (SSSR count). The Morgan fingerprint density at radius 3 is 2.89 bits per heavy atom. The smallest absolute Gasteiger partial charge is 0.309 e. The van der Waals surface area contributed by atoms with Crippen molar-refractivity contribution in [1.82, 2.24) is 0 Å². The molecule has 0 bridgehead atoms. The van der Waals surface area contributed by atoms with E-state index in [9.17, 15) is 4.79 Å². The molecule has 2 nitrogen and oxygen atoms in total. The van der Waals surface area contributed by atoms with Crippen LogP contribution in [0.15, 0.2) is 11.6 Å². The predicted molar refractivity (Wildman–Crippen MR) is 33.9 cm³/mol. The molecule has 0 aliphatic heterocycles. The predicted octanol–water partition coefficient (Wildman–Crippen LogP) is 1.27. The lowest BCUT2D eigenvalue weighted by Crippen LogP contribution is -2.05. The monoisotopic (exact) mass is 126 g/mol. The molecule has 0 N–H and O–H groups in total. The minimum absolute atomic E-state index is 0.124. The summed E-state index contributed by atoms with van der Waals surface area (Å²) >= 11 is 0. The number of ether oxygens (including phenoxy) is 1. The van der Waals surface area contributed by atoms with Crippen LogP contribution in [0.2, 0.25) is 0 Å². The highest BCUT2D eigenvalue weighted by atomic mass is 16.5. The van der Waals surface area contributed by atoms with Gasteiger partial charge in [-0.05, 0) is 12.8 Å². The van der Waals surface area contributed by atoms with E-state index in [0.717, 1.165) is 12.8 Å². The minimum Gasteiger partial charge on any atom is -0.469 e. The molecule has 0 spiro atoms. The quantitative estimate of drug-likeness (QED) is 0.411. The standard InChI is InChI=1S/C7H10O2/c1-9-7(8)5-6-3-2-4-6/h3H,2,4-5H2,1H3. The van der Waals surface area contributed by atoms with Crippen molar-refractivity contribution in [3.8, 4) is 0 Å². The van der Waals surface area contributed by atoms with Gasteiger partial charge in [-0.1, -0.05) is 11.6 Å². The third kappa shape index (κ3) is 1.56. The average molecular weight is 126 g/mol. The van der Waals surface area contributed by atoms with Crippen LogP contribution in [0.1, 0.15) is 19.3 Å². The molecule has 0 unspecified atom stereocenters. The maximum absolute atomic E-state index is 10.6. The molecule has 0 atom stereocenters. The second-order valence-corrected chi connectivity index (χ2v) is 2.15. The highest BCUT2D eigenvalue weighted by Crippen LogP contribution is 2.20. The summed E-state index contributed by atoms with van der Waals surface area (Å²) < 4.78 is 4.48. The lowest BCUT2D eigenvalue weighted by atomic mass is 9.96. The van der Waals surface area contributed by atoms with Gasteiger partial charge in [0.1, 0.15) is 0 Å². The van der Waals surface area contributed by atoms with Gasteiger partial charge < -0.3 is 4.74 Å². The van der Waals surface area contributed by atoms with Gasteiger partial charge in [0.2, 0.25) is 0 Å². The van der Waals surface area contributed by atoms with Gasteiger partial charge in [0.05, 0.1) is 13.5 Å². The van der Waals surface area contributed by atoms with Crippen LogP contribution >= 0.6 is 0 Å². The second kappa shape index (κ2) is 2.67. The Labute approximate surface area is 54.5 Å². The van der Waals surface area contributed by atoms with Crippen LogP contribution in [0.5, 0.6) is 0 Å². The summed E-state index contributed by atoms with van der Waals surface area (Å²) in [6.45, 7) is 0. The van der Waals surface area contributed by atoms with Gasteiger partial charge in [0.15, 0.2) is 0 Å². The van der Waals surface area contributed by atoms with E-state index in [1.54, 1.807) is 0 Å². The highest BCUT2D eigenvalue weighted by Gasteiger charge is 2.09. The molecule has 0 heterocycles. The molecule has 50 valence electrons. The van der Waals surface area contributed by atoms with Crippen LogP contribution in [-0.2, 0) is 9.53 Å². The van der Waals surface area contributed by atoms with E-state index in [2.05, 4.69) is 10.8 Å². The fourth-order valence-electron chi connectivity index (χ4n) is 0.767. The molecule has 0 aromatic carbocycles. The number of allylic oxidation sites excluding steroid dienone is 1. The fourth-order valence-corrected chi connectivity index (χ4v) is 0.767. The summed E-state index contributed by atoms with van der Waals surface area (Å²) in [6.07, 6.45) is 4.79. The van der Waals surface area contributed by atoms with Crippen molar-refractivity contribution in [1.29, 1.82) is 0 Å². The Morgan fingerprint density at radius 1 is 1.89 bits per heavy atom. The third-order valence-corrected chi connectivity index (χ3v) is 1.50.